The molecule has 4 aromatic rings. The van der Waals surface area contributed by atoms with Gasteiger partial charge >= 0.3 is 5.69 Å². The van der Waals surface area contributed by atoms with Crippen molar-refractivity contribution in [2.45, 2.75) is 6.54 Å². The van der Waals surface area contributed by atoms with Gasteiger partial charge in [0.15, 0.2) is 11.5 Å². The van der Waals surface area contributed by atoms with Crippen LogP contribution in [0.1, 0.15) is 0 Å². The molecule has 0 aliphatic rings. The van der Waals surface area contributed by atoms with E-state index in [0.29, 0.717) is 33.6 Å². The first-order valence-electron chi connectivity index (χ1n) is 10.1. The number of aryl methyl sites for hydroxylation is 1. The molecule has 4 rings (SSSR count). The molecular weight excluding hydrogens is 462 g/mol. The summed E-state index contributed by atoms with van der Waals surface area (Å²) in [5, 5.41) is 3.31. The summed E-state index contributed by atoms with van der Waals surface area (Å²) in [6, 6.07) is 11.7. The first kappa shape index (κ1) is 23.0. The van der Waals surface area contributed by atoms with Crippen LogP contribution in [0.5, 0.6) is 11.5 Å². The van der Waals surface area contributed by atoms with Gasteiger partial charge in [0.1, 0.15) is 23.4 Å². The topological polar surface area (TPSA) is 117 Å². The second kappa shape index (κ2) is 9.36. The van der Waals surface area contributed by atoms with Crippen molar-refractivity contribution in [2.24, 2.45) is 7.05 Å². The van der Waals surface area contributed by atoms with Crippen molar-refractivity contribution in [2.75, 3.05) is 19.5 Å². The van der Waals surface area contributed by atoms with Crippen LogP contribution in [0.3, 0.4) is 0 Å². The number of anilines is 1. The molecular formula is C23H20ClN5O5. The van der Waals surface area contributed by atoms with Gasteiger partial charge in [-0.2, -0.15) is 0 Å². The number of hydrogen-bond donors (Lipinski definition) is 1. The van der Waals surface area contributed by atoms with Crippen molar-refractivity contribution < 1.29 is 14.3 Å². The number of carbonyl (C=O) groups excluding carboxylic acids is 1. The molecule has 2 aromatic carbocycles. The van der Waals surface area contributed by atoms with Crippen LogP contribution in [-0.4, -0.2) is 39.2 Å². The van der Waals surface area contributed by atoms with Gasteiger partial charge in [-0.05, 0) is 36.4 Å². The maximum Gasteiger partial charge on any atom is 0.332 e. The van der Waals surface area contributed by atoms with E-state index in [1.807, 2.05) is 0 Å². The van der Waals surface area contributed by atoms with Gasteiger partial charge in [0.25, 0.3) is 5.56 Å². The SMILES string of the molecule is COc1ccc(OC)c(NC(=O)Cn2c(=O)c3cnc(-c4ccc(Cl)cc4)nc3n(C)c2=O)c1. The van der Waals surface area contributed by atoms with Gasteiger partial charge in [-0.3, -0.25) is 18.7 Å². The van der Waals surface area contributed by atoms with E-state index in [-0.39, 0.29) is 11.0 Å². The number of halogens is 1. The third kappa shape index (κ3) is 4.35. The summed E-state index contributed by atoms with van der Waals surface area (Å²) in [6.45, 7) is -0.513. The standard InChI is InChI=1S/C23H20ClN5O5/c1-28-21-16(11-25-20(27-21)13-4-6-14(24)7-5-13)22(31)29(23(28)32)12-19(30)26-17-10-15(33-2)8-9-18(17)34-3/h4-11H,12H2,1-3H3,(H,26,30). The number of nitrogens with one attached hydrogen (secondary N) is 1. The smallest absolute Gasteiger partial charge is 0.332 e. The highest BCUT2D eigenvalue weighted by Gasteiger charge is 2.17. The molecule has 0 radical (unpaired) electrons. The van der Waals surface area contributed by atoms with Crippen molar-refractivity contribution in [1.82, 2.24) is 19.1 Å². The zero-order chi connectivity index (χ0) is 24.4. The van der Waals surface area contributed by atoms with Crippen molar-refractivity contribution in [3.05, 3.63) is 74.5 Å². The van der Waals surface area contributed by atoms with Gasteiger partial charge in [0.05, 0.1) is 19.9 Å². The van der Waals surface area contributed by atoms with E-state index in [9.17, 15) is 14.4 Å². The fraction of sp³-hybridized carbons (Fsp3) is 0.174. The van der Waals surface area contributed by atoms with Crippen LogP contribution in [-0.2, 0) is 18.4 Å². The second-order valence-electron chi connectivity index (χ2n) is 7.29. The Morgan fingerprint density at radius 1 is 1.09 bits per heavy atom. The Labute approximate surface area is 198 Å². The fourth-order valence-electron chi connectivity index (χ4n) is 3.41. The van der Waals surface area contributed by atoms with Gasteiger partial charge in [0, 0.05) is 29.9 Å². The lowest BCUT2D eigenvalue weighted by Crippen LogP contribution is -2.42. The van der Waals surface area contributed by atoms with Crippen LogP contribution in [0.25, 0.3) is 22.4 Å². The summed E-state index contributed by atoms with van der Waals surface area (Å²) < 4.78 is 12.4. The second-order valence-corrected chi connectivity index (χ2v) is 7.72. The number of nitrogens with zero attached hydrogens (tertiary/aromatic N) is 4. The predicted molar refractivity (Wildman–Crippen MR) is 128 cm³/mol. The minimum absolute atomic E-state index is 0.103. The molecule has 0 aliphatic carbocycles. The molecule has 0 atom stereocenters. The number of amides is 1. The van der Waals surface area contributed by atoms with E-state index in [0.717, 1.165) is 4.57 Å². The van der Waals surface area contributed by atoms with E-state index in [4.69, 9.17) is 21.1 Å². The number of hydrogen-bond acceptors (Lipinski definition) is 7. The molecule has 34 heavy (non-hydrogen) atoms. The average Bonchev–Trinajstić information content (AvgIpc) is 2.85. The van der Waals surface area contributed by atoms with Crippen LogP contribution in [0.15, 0.2) is 58.3 Å². The molecule has 1 N–H and O–H groups in total. The molecule has 10 nitrogen and oxygen atoms in total. The Morgan fingerprint density at radius 2 is 1.82 bits per heavy atom. The third-order valence-corrected chi connectivity index (χ3v) is 5.42. The van der Waals surface area contributed by atoms with Gasteiger partial charge < -0.3 is 14.8 Å². The van der Waals surface area contributed by atoms with Crippen LogP contribution in [0.2, 0.25) is 5.02 Å². The molecule has 0 aliphatic heterocycles. The highest BCUT2D eigenvalue weighted by atomic mass is 35.5. The molecule has 0 spiro atoms. The van der Waals surface area contributed by atoms with Crippen LogP contribution in [0, 0.1) is 0 Å². The van der Waals surface area contributed by atoms with Crippen molar-refractivity contribution >= 4 is 34.2 Å². The number of fused-ring (bicyclic) bond motifs is 1. The van der Waals surface area contributed by atoms with Gasteiger partial charge in [-0.25, -0.2) is 14.8 Å². The van der Waals surface area contributed by atoms with Crippen LogP contribution in [0.4, 0.5) is 5.69 Å². The molecule has 0 saturated heterocycles. The third-order valence-electron chi connectivity index (χ3n) is 5.16. The monoisotopic (exact) mass is 481 g/mol. The maximum absolute atomic E-state index is 13.0. The summed E-state index contributed by atoms with van der Waals surface area (Å²) in [5.74, 6) is 0.641. The Hall–Kier alpha value is -4.18. The number of ether oxygens (including phenoxy) is 2. The highest BCUT2D eigenvalue weighted by molar-refractivity contribution is 6.30. The van der Waals surface area contributed by atoms with Gasteiger partial charge in [0.2, 0.25) is 5.91 Å². The molecule has 174 valence electrons. The molecule has 2 aromatic heterocycles. The van der Waals surface area contributed by atoms with E-state index in [2.05, 4.69) is 15.3 Å². The predicted octanol–water partition coefficient (Wildman–Crippen LogP) is 2.47. The van der Waals surface area contributed by atoms with E-state index < -0.39 is 23.7 Å². The lowest BCUT2D eigenvalue weighted by molar-refractivity contribution is -0.116. The first-order valence-corrected chi connectivity index (χ1v) is 10.4. The summed E-state index contributed by atoms with van der Waals surface area (Å²) in [7, 11) is 4.42. The Balaban J connectivity index is 1.69. The lowest BCUT2D eigenvalue weighted by atomic mass is 10.2. The zero-order valence-corrected chi connectivity index (χ0v) is 19.3. The summed E-state index contributed by atoms with van der Waals surface area (Å²) in [5.41, 5.74) is -0.191. The van der Waals surface area contributed by atoms with Gasteiger partial charge in [-0.1, -0.05) is 11.6 Å². The normalized spacial score (nSPS) is 10.8. The first-order chi connectivity index (χ1) is 16.3. The minimum atomic E-state index is -0.689. The Kier molecular flexibility index (Phi) is 6.33. The number of aromatic nitrogens is 4. The Bertz CT molecular complexity index is 1510. The Morgan fingerprint density at radius 3 is 2.50 bits per heavy atom. The van der Waals surface area contributed by atoms with Crippen LogP contribution >= 0.6 is 11.6 Å². The fourth-order valence-corrected chi connectivity index (χ4v) is 3.53. The minimum Gasteiger partial charge on any atom is -0.497 e. The number of rotatable bonds is 6. The summed E-state index contributed by atoms with van der Waals surface area (Å²) >= 11 is 5.93. The van der Waals surface area contributed by atoms with Gasteiger partial charge in [-0.15, -0.1) is 0 Å². The van der Waals surface area contributed by atoms with E-state index in [1.54, 1.807) is 42.5 Å². The number of benzene rings is 2. The number of methoxy groups -OCH3 is 2. The van der Waals surface area contributed by atoms with Crippen LogP contribution < -0.4 is 26.0 Å². The molecule has 0 saturated carbocycles. The molecule has 0 bridgehead atoms. The average molecular weight is 482 g/mol. The van der Waals surface area contributed by atoms with Crippen molar-refractivity contribution in [3.63, 3.8) is 0 Å². The largest absolute Gasteiger partial charge is 0.497 e. The highest BCUT2D eigenvalue weighted by Crippen LogP contribution is 2.28. The quantitative estimate of drug-likeness (QED) is 0.449. The molecule has 0 unspecified atom stereocenters. The molecule has 11 heteroatoms. The number of carbonyl (C=O) groups is 1. The molecule has 0 fully saturated rings. The maximum atomic E-state index is 13.0. The zero-order valence-electron chi connectivity index (χ0n) is 18.5. The summed E-state index contributed by atoms with van der Waals surface area (Å²) in [4.78, 5) is 47.3. The summed E-state index contributed by atoms with van der Waals surface area (Å²) in [6.07, 6.45) is 1.34. The molecule has 2 heterocycles. The van der Waals surface area contributed by atoms with E-state index >= 15 is 0 Å². The lowest BCUT2D eigenvalue weighted by Gasteiger charge is -2.13. The van der Waals surface area contributed by atoms with E-state index in [1.165, 1.54) is 32.0 Å². The van der Waals surface area contributed by atoms with Crippen molar-refractivity contribution in [3.8, 4) is 22.9 Å². The molecule has 1 amide bonds. The van der Waals surface area contributed by atoms with Crippen molar-refractivity contribution in [1.29, 1.82) is 0 Å².